The van der Waals surface area contributed by atoms with Crippen LogP contribution in [0.25, 0.3) is 0 Å². The van der Waals surface area contributed by atoms with Gasteiger partial charge in [-0.2, -0.15) is 0 Å². The quantitative estimate of drug-likeness (QED) is 0.751. The van der Waals surface area contributed by atoms with Crippen molar-refractivity contribution in [2.75, 3.05) is 19.7 Å². The Morgan fingerprint density at radius 3 is 2.50 bits per heavy atom. The van der Waals surface area contributed by atoms with Crippen LogP contribution in [0, 0.1) is 17.8 Å². The summed E-state index contributed by atoms with van der Waals surface area (Å²) in [6.45, 7) is 3.19. The third-order valence-electron chi connectivity index (χ3n) is 4.03. The molecule has 0 aromatic heterocycles. The molecule has 0 radical (unpaired) electrons. The summed E-state index contributed by atoms with van der Waals surface area (Å²) in [6.07, 6.45) is 1.07. The monoisotopic (exact) mass is 351 g/mol. The summed E-state index contributed by atoms with van der Waals surface area (Å²) in [4.78, 5) is 11.6. The fraction of sp³-hybridized carbons (Fsp3) is 0.471. The van der Waals surface area contributed by atoms with Gasteiger partial charge in [0, 0.05) is 0 Å². The number of carbonyl (C=O) groups is 1. The summed E-state index contributed by atoms with van der Waals surface area (Å²) in [5.41, 5.74) is 0. The molecule has 0 spiro atoms. The van der Waals surface area contributed by atoms with Gasteiger partial charge < -0.3 is 15.2 Å². The van der Waals surface area contributed by atoms with Crippen LogP contribution in [-0.4, -0.2) is 44.4 Å². The number of aliphatic carboxylic acids is 1. The Morgan fingerprint density at radius 2 is 1.96 bits per heavy atom. The Kier molecular flexibility index (Phi) is 6.23. The molecule has 1 aliphatic rings. The first-order chi connectivity index (χ1) is 11.5. The summed E-state index contributed by atoms with van der Waals surface area (Å²) < 4.78 is 30.9. The minimum atomic E-state index is -3.95. The van der Waals surface area contributed by atoms with Crippen molar-refractivity contribution < 1.29 is 23.1 Å². The lowest BCUT2D eigenvalue weighted by Crippen LogP contribution is -2.42. The van der Waals surface area contributed by atoms with Crippen LogP contribution >= 0.6 is 0 Å². The van der Waals surface area contributed by atoms with Crippen LogP contribution in [0.5, 0.6) is 5.75 Å². The lowest BCUT2D eigenvalue weighted by atomic mass is 9.94. The van der Waals surface area contributed by atoms with E-state index in [1.54, 1.807) is 6.92 Å². The van der Waals surface area contributed by atoms with E-state index in [4.69, 9.17) is 4.74 Å². The number of piperidine rings is 1. The summed E-state index contributed by atoms with van der Waals surface area (Å²) in [6, 6.07) is 5.82. The minimum absolute atomic E-state index is 0.00218. The average Bonchev–Trinajstić information content (AvgIpc) is 2.56. The Labute approximate surface area is 142 Å². The first-order valence-corrected chi connectivity index (χ1v) is 9.31. The number of ether oxygens (including phenoxy) is 1. The van der Waals surface area contributed by atoms with Gasteiger partial charge in [-0.1, -0.05) is 5.92 Å². The lowest BCUT2D eigenvalue weighted by molar-refractivity contribution is -0.137. The molecule has 0 amide bonds. The molecule has 0 bridgehead atoms. The third-order valence-corrected chi connectivity index (χ3v) is 6.21. The molecule has 1 atom stereocenters. The molecule has 1 saturated heterocycles. The average molecular weight is 351 g/mol. The van der Waals surface area contributed by atoms with Crippen molar-refractivity contribution in [2.45, 2.75) is 29.9 Å². The van der Waals surface area contributed by atoms with Gasteiger partial charge in [-0.3, -0.25) is 4.79 Å². The Hall–Kier alpha value is -2.04. The van der Waals surface area contributed by atoms with E-state index in [9.17, 15) is 18.3 Å². The van der Waals surface area contributed by atoms with Crippen molar-refractivity contribution in [3.63, 3.8) is 0 Å². The molecule has 1 unspecified atom stereocenters. The highest BCUT2D eigenvalue weighted by Gasteiger charge is 2.40. The van der Waals surface area contributed by atoms with Crippen LogP contribution < -0.4 is 10.1 Å². The molecule has 2 N–H and O–H groups in total. The Bertz CT molecular complexity index is 724. The second kappa shape index (κ2) is 8.18. The maximum atomic E-state index is 12.8. The molecule has 130 valence electrons. The molecule has 2 rings (SSSR count). The largest absolute Gasteiger partial charge is 0.481 e. The SMILES string of the molecule is CC#CCOc1ccc(S(=O)(=O)C(C(=O)O)C2CCNCC2)cc1. The summed E-state index contributed by atoms with van der Waals surface area (Å²) in [7, 11) is -3.95. The summed E-state index contributed by atoms with van der Waals surface area (Å²) in [5, 5.41) is 11.2. The van der Waals surface area contributed by atoms with Gasteiger partial charge in [-0.05, 0) is 63.0 Å². The van der Waals surface area contributed by atoms with Crippen molar-refractivity contribution in [1.82, 2.24) is 5.32 Å². The molecule has 6 nitrogen and oxygen atoms in total. The Balaban J connectivity index is 2.22. The van der Waals surface area contributed by atoms with E-state index in [0.717, 1.165) is 0 Å². The molecular weight excluding hydrogens is 330 g/mol. The highest BCUT2D eigenvalue weighted by atomic mass is 32.2. The molecule has 0 saturated carbocycles. The number of carboxylic acid groups (broad SMARTS) is 1. The number of sulfone groups is 1. The third kappa shape index (κ3) is 4.28. The minimum Gasteiger partial charge on any atom is -0.481 e. The van der Waals surface area contributed by atoms with Crippen LogP contribution in [0.2, 0.25) is 0 Å². The topological polar surface area (TPSA) is 92.7 Å². The predicted molar refractivity (Wildman–Crippen MR) is 89.6 cm³/mol. The standard InChI is InChI=1S/C17H21NO5S/c1-2-3-12-23-14-4-6-15(7-5-14)24(21,22)16(17(19)20)13-8-10-18-11-9-13/h4-7,13,16,18H,8-12H2,1H3,(H,19,20). The van der Waals surface area contributed by atoms with Crippen LogP contribution in [-0.2, 0) is 14.6 Å². The van der Waals surface area contributed by atoms with E-state index >= 15 is 0 Å². The molecule has 1 aromatic rings. The molecule has 1 aliphatic heterocycles. The molecule has 1 heterocycles. The maximum absolute atomic E-state index is 12.8. The Morgan fingerprint density at radius 1 is 1.33 bits per heavy atom. The number of nitrogens with one attached hydrogen (secondary N) is 1. The van der Waals surface area contributed by atoms with E-state index in [2.05, 4.69) is 17.2 Å². The molecule has 1 fully saturated rings. The highest BCUT2D eigenvalue weighted by molar-refractivity contribution is 7.92. The second-order valence-corrected chi connectivity index (χ2v) is 7.65. The normalized spacial score (nSPS) is 16.7. The van der Waals surface area contributed by atoms with Crippen molar-refractivity contribution in [2.24, 2.45) is 5.92 Å². The zero-order valence-electron chi connectivity index (χ0n) is 13.5. The van der Waals surface area contributed by atoms with Crippen molar-refractivity contribution >= 4 is 15.8 Å². The molecule has 0 aliphatic carbocycles. The van der Waals surface area contributed by atoms with Crippen molar-refractivity contribution in [3.8, 4) is 17.6 Å². The van der Waals surface area contributed by atoms with Gasteiger partial charge in [0.2, 0.25) is 0 Å². The summed E-state index contributed by atoms with van der Waals surface area (Å²) in [5.74, 6) is 4.25. The van der Waals surface area contributed by atoms with Gasteiger partial charge in [0.05, 0.1) is 4.90 Å². The molecule has 7 heteroatoms. The molecule has 1 aromatic carbocycles. The van der Waals surface area contributed by atoms with Crippen LogP contribution in [0.1, 0.15) is 19.8 Å². The smallest absolute Gasteiger partial charge is 0.322 e. The van der Waals surface area contributed by atoms with Crippen molar-refractivity contribution in [1.29, 1.82) is 0 Å². The van der Waals surface area contributed by atoms with E-state index in [1.807, 2.05) is 0 Å². The second-order valence-electron chi connectivity index (χ2n) is 5.58. The van der Waals surface area contributed by atoms with Gasteiger partial charge in [0.15, 0.2) is 15.1 Å². The fourth-order valence-corrected chi connectivity index (χ4v) is 4.65. The van der Waals surface area contributed by atoms with E-state index < -0.39 is 21.1 Å². The van der Waals surface area contributed by atoms with Gasteiger partial charge in [-0.15, -0.1) is 5.92 Å². The van der Waals surface area contributed by atoms with Crippen LogP contribution in [0.3, 0.4) is 0 Å². The highest BCUT2D eigenvalue weighted by Crippen LogP contribution is 2.28. The number of hydrogen-bond donors (Lipinski definition) is 2. The zero-order chi connectivity index (χ0) is 17.6. The first-order valence-electron chi connectivity index (χ1n) is 7.76. The van der Waals surface area contributed by atoms with Crippen LogP contribution in [0.4, 0.5) is 0 Å². The number of rotatable bonds is 6. The number of hydrogen-bond acceptors (Lipinski definition) is 5. The van der Waals surface area contributed by atoms with Gasteiger partial charge in [0.25, 0.3) is 0 Å². The van der Waals surface area contributed by atoms with Gasteiger partial charge in [-0.25, -0.2) is 8.42 Å². The van der Waals surface area contributed by atoms with E-state index in [-0.39, 0.29) is 17.4 Å². The zero-order valence-corrected chi connectivity index (χ0v) is 14.3. The summed E-state index contributed by atoms with van der Waals surface area (Å²) >= 11 is 0. The van der Waals surface area contributed by atoms with E-state index in [1.165, 1.54) is 24.3 Å². The van der Waals surface area contributed by atoms with Crippen molar-refractivity contribution in [3.05, 3.63) is 24.3 Å². The van der Waals surface area contributed by atoms with Gasteiger partial charge in [0.1, 0.15) is 12.4 Å². The lowest BCUT2D eigenvalue weighted by Gasteiger charge is -2.27. The fourth-order valence-electron chi connectivity index (χ4n) is 2.80. The van der Waals surface area contributed by atoms with E-state index in [0.29, 0.717) is 31.7 Å². The number of benzene rings is 1. The predicted octanol–water partition coefficient (Wildman–Crippen LogP) is 1.32. The van der Waals surface area contributed by atoms with Crippen LogP contribution in [0.15, 0.2) is 29.2 Å². The first kappa shape index (κ1) is 18.3. The maximum Gasteiger partial charge on any atom is 0.322 e. The number of carboxylic acids is 1. The molecule has 24 heavy (non-hydrogen) atoms. The van der Waals surface area contributed by atoms with Gasteiger partial charge >= 0.3 is 5.97 Å². The molecular formula is C17H21NO5S.